The molecule has 0 bridgehead atoms. The van der Waals surface area contributed by atoms with Crippen LogP contribution >= 0.6 is 35.0 Å². The quantitative estimate of drug-likeness (QED) is 0.237. The summed E-state index contributed by atoms with van der Waals surface area (Å²) in [5, 5.41) is 1.36. The van der Waals surface area contributed by atoms with Crippen LogP contribution < -0.4 is 4.74 Å². The van der Waals surface area contributed by atoms with Crippen molar-refractivity contribution < 1.29 is 22.7 Å². The molecule has 186 valence electrons. The fourth-order valence-corrected chi connectivity index (χ4v) is 4.42. The summed E-state index contributed by atoms with van der Waals surface area (Å²) in [7, 11) is 2.01. The van der Waals surface area contributed by atoms with Crippen molar-refractivity contribution in [3.63, 3.8) is 0 Å². The number of Topliss-reactive ketones (excluding diaryl/α,β-unsaturated/α-hetero) is 1. The van der Waals surface area contributed by atoms with E-state index < -0.39 is 17.7 Å². The monoisotopic (exact) mass is 541 g/mol. The lowest BCUT2D eigenvalue weighted by atomic mass is 9.91. The minimum Gasteiger partial charge on any atom is -0.492 e. The van der Waals surface area contributed by atoms with Crippen LogP contribution in [-0.2, 0) is 4.79 Å². The van der Waals surface area contributed by atoms with E-state index in [4.69, 9.17) is 27.9 Å². The lowest BCUT2D eigenvalue weighted by Gasteiger charge is -2.25. The molecule has 3 aromatic rings. The average Bonchev–Trinajstić information content (AvgIpc) is 2.82. The number of carbonyl (C=O) groups excluding carboxylic acids is 1. The van der Waals surface area contributed by atoms with Gasteiger partial charge < -0.3 is 9.64 Å². The van der Waals surface area contributed by atoms with Crippen LogP contribution in [0.25, 0.3) is 0 Å². The van der Waals surface area contributed by atoms with Gasteiger partial charge >= 0.3 is 6.18 Å². The van der Waals surface area contributed by atoms with Crippen LogP contribution in [0.5, 0.6) is 5.75 Å². The number of halogens is 5. The summed E-state index contributed by atoms with van der Waals surface area (Å²) in [6.07, 6.45) is -4.80. The van der Waals surface area contributed by atoms with Crippen LogP contribution in [0.1, 0.15) is 17.0 Å². The van der Waals surface area contributed by atoms with E-state index in [1.165, 1.54) is 0 Å². The van der Waals surface area contributed by atoms with Crippen molar-refractivity contribution in [1.82, 2.24) is 4.90 Å². The van der Waals surface area contributed by atoms with E-state index in [1.807, 2.05) is 55.6 Å². The van der Waals surface area contributed by atoms with Crippen LogP contribution in [0.15, 0.2) is 77.7 Å². The van der Waals surface area contributed by atoms with Gasteiger partial charge in [-0.05, 0) is 66.7 Å². The molecule has 0 aliphatic carbocycles. The summed E-state index contributed by atoms with van der Waals surface area (Å²) in [5.74, 6) is -1.67. The van der Waals surface area contributed by atoms with Gasteiger partial charge in [0.05, 0.1) is 5.75 Å². The molecule has 0 amide bonds. The van der Waals surface area contributed by atoms with Gasteiger partial charge in [0.1, 0.15) is 12.4 Å². The van der Waals surface area contributed by atoms with Crippen molar-refractivity contribution in [3.8, 4) is 5.75 Å². The second kappa shape index (κ2) is 12.7. The highest BCUT2D eigenvalue weighted by atomic mass is 35.5. The number of alkyl halides is 3. The Balaban J connectivity index is 1.53. The number of benzene rings is 3. The van der Waals surface area contributed by atoms with Crippen LogP contribution in [0, 0.1) is 0 Å². The molecule has 35 heavy (non-hydrogen) atoms. The standard InChI is InChI=1S/C26H24Cl2F3NO2S/c1-32(14-15-34-22-10-12-23(13-11-22)35-17-25(33)26(29,30)31)16-24(18-2-6-20(27)7-3-18)19-4-8-21(28)9-5-19/h2-13,24H,14-17H2,1H3. The average molecular weight is 542 g/mol. The van der Waals surface area contributed by atoms with E-state index in [0.717, 1.165) is 29.4 Å². The molecule has 0 fully saturated rings. The van der Waals surface area contributed by atoms with Crippen LogP contribution in [-0.4, -0.2) is 49.4 Å². The van der Waals surface area contributed by atoms with Crippen molar-refractivity contribution in [1.29, 1.82) is 0 Å². The fourth-order valence-electron chi connectivity index (χ4n) is 3.38. The third-order valence-corrected chi connectivity index (χ3v) is 6.81. The molecule has 0 unspecified atom stereocenters. The van der Waals surface area contributed by atoms with Gasteiger partial charge in [-0.15, -0.1) is 11.8 Å². The number of hydrogen-bond acceptors (Lipinski definition) is 4. The Hall–Kier alpha value is -2.19. The number of likely N-dealkylation sites (N-methyl/N-ethyl adjacent to an activating group) is 1. The number of ether oxygens (including phenoxy) is 1. The molecule has 0 atom stereocenters. The van der Waals surface area contributed by atoms with Crippen molar-refractivity contribution in [2.24, 2.45) is 0 Å². The third kappa shape index (κ3) is 8.76. The maximum absolute atomic E-state index is 12.3. The lowest BCUT2D eigenvalue weighted by molar-refractivity contribution is -0.167. The van der Waals surface area contributed by atoms with Gasteiger partial charge in [0.2, 0.25) is 5.78 Å². The molecule has 0 saturated heterocycles. The van der Waals surface area contributed by atoms with Crippen molar-refractivity contribution in [2.75, 3.05) is 32.5 Å². The van der Waals surface area contributed by atoms with Crippen molar-refractivity contribution >= 4 is 40.7 Å². The number of ketones is 1. The number of carbonyl (C=O) groups is 1. The van der Waals surface area contributed by atoms with Gasteiger partial charge in [-0.1, -0.05) is 47.5 Å². The number of thioether (sulfide) groups is 1. The zero-order chi connectivity index (χ0) is 25.4. The Bertz CT molecular complexity index is 1050. The highest BCUT2D eigenvalue weighted by Crippen LogP contribution is 2.28. The summed E-state index contributed by atoms with van der Waals surface area (Å²) in [5.41, 5.74) is 2.28. The minimum absolute atomic E-state index is 0.116. The largest absolute Gasteiger partial charge is 0.492 e. The molecule has 0 N–H and O–H groups in total. The molecule has 0 radical (unpaired) electrons. The Morgan fingerprint density at radius 2 is 1.43 bits per heavy atom. The topological polar surface area (TPSA) is 29.5 Å². The molecule has 0 aliphatic rings. The molecule has 0 spiro atoms. The first kappa shape index (κ1) is 27.4. The molecule has 0 heterocycles. The highest BCUT2D eigenvalue weighted by Gasteiger charge is 2.37. The van der Waals surface area contributed by atoms with Crippen molar-refractivity contribution in [3.05, 3.63) is 94.0 Å². The summed E-state index contributed by atoms with van der Waals surface area (Å²) in [6, 6.07) is 22.3. The molecular formula is C26H24Cl2F3NO2S. The minimum atomic E-state index is -4.80. The van der Waals surface area contributed by atoms with E-state index in [2.05, 4.69) is 4.90 Å². The second-order valence-corrected chi connectivity index (χ2v) is 9.87. The third-order valence-electron chi connectivity index (χ3n) is 5.29. The number of hydrogen-bond donors (Lipinski definition) is 0. The van der Waals surface area contributed by atoms with Crippen LogP contribution in [0.2, 0.25) is 10.0 Å². The molecule has 3 nitrogen and oxygen atoms in total. The molecule has 3 aromatic carbocycles. The lowest BCUT2D eigenvalue weighted by Crippen LogP contribution is -2.29. The number of rotatable bonds is 11. The summed E-state index contributed by atoms with van der Waals surface area (Å²) >= 11 is 13.0. The maximum atomic E-state index is 12.3. The normalized spacial score (nSPS) is 11.8. The van der Waals surface area contributed by atoms with Gasteiger partial charge in [0, 0.05) is 33.9 Å². The Morgan fingerprint density at radius 1 is 0.914 bits per heavy atom. The van der Waals surface area contributed by atoms with E-state index in [1.54, 1.807) is 24.3 Å². The van der Waals surface area contributed by atoms with E-state index in [0.29, 0.717) is 33.8 Å². The predicted octanol–water partition coefficient (Wildman–Crippen LogP) is 7.36. The molecule has 3 rings (SSSR count). The first-order valence-corrected chi connectivity index (χ1v) is 12.5. The zero-order valence-corrected chi connectivity index (χ0v) is 21.2. The van der Waals surface area contributed by atoms with E-state index in [-0.39, 0.29) is 5.92 Å². The Kier molecular flexibility index (Phi) is 9.92. The van der Waals surface area contributed by atoms with Gasteiger partial charge in [-0.2, -0.15) is 13.2 Å². The first-order valence-electron chi connectivity index (χ1n) is 10.8. The van der Waals surface area contributed by atoms with Gasteiger partial charge in [-0.3, -0.25) is 4.79 Å². The van der Waals surface area contributed by atoms with E-state index >= 15 is 0 Å². The summed E-state index contributed by atoms with van der Waals surface area (Å²) in [4.78, 5) is 13.7. The first-order chi connectivity index (χ1) is 16.6. The maximum Gasteiger partial charge on any atom is 0.450 e. The van der Waals surface area contributed by atoms with Gasteiger partial charge in [0.25, 0.3) is 0 Å². The van der Waals surface area contributed by atoms with E-state index in [9.17, 15) is 18.0 Å². The Labute approximate surface area is 217 Å². The predicted molar refractivity (Wildman–Crippen MR) is 136 cm³/mol. The molecule has 0 aliphatic heterocycles. The summed E-state index contributed by atoms with van der Waals surface area (Å²) < 4.78 is 42.8. The van der Waals surface area contributed by atoms with Crippen LogP contribution in [0.4, 0.5) is 13.2 Å². The fraction of sp³-hybridized carbons (Fsp3) is 0.269. The van der Waals surface area contributed by atoms with Gasteiger partial charge in [0.15, 0.2) is 0 Å². The second-order valence-electron chi connectivity index (χ2n) is 7.95. The SMILES string of the molecule is CN(CCOc1ccc(SCC(=O)C(F)(F)F)cc1)CC(c1ccc(Cl)cc1)c1ccc(Cl)cc1. The molecule has 0 aromatic heterocycles. The molecule has 9 heteroatoms. The number of nitrogens with zero attached hydrogens (tertiary/aromatic N) is 1. The van der Waals surface area contributed by atoms with Crippen molar-refractivity contribution in [2.45, 2.75) is 17.0 Å². The Morgan fingerprint density at radius 3 is 1.91 bits per heavy atom. The molecule has 0 saturated carbocycles. The van der Waals surface area contributed by atoms with Crippen LogP contribution in [0.3, 0.4) is 0 Å². The van der Waals surface area contributed by atoms with Gasteiger partial charge in [-0.25, -0.2) is 0 Å². The summed E-state index contributed by atoms with van der Waals surface area (Å²) in [6.45, 7) is 1.84. The highest BCUT2D eigenvalue weighted by molar-refractivity contribution is 8.00. The zero-order valence-electron chi connectivity index (χ0n) is 18.9. The smallest absolute Gasteiger partial charge is 0.450 e. The molecular weight excluding hydrogens is 518 g/mol.